The Hall–Kier alpha value is -2.71. The molecule has 6 nitrogen and oxygen atoms in total. The van der Waals surface area contributed by atoms with Crippen molar-refractivity contribution < 1.29 is 9.21 Å². The zero-order valence-corrected chi connectivity index (χ0v) is 16.9. The molecule has 0 unspecified atom stereocenters. The van der Waals surface area contributed by atoms with E-state index in [0.29, 0.717) is 23.3 Å². The molecule has 4 aromatic rings. The summed E-state index contributed by atoms with van der Waals surface area (Å²) in [5.41, 5.74) is 0.866. The van der Waals surface area contributed by atoms with Crippen molar-refractivity contribution in [3.05, 3.63) is 70.6 Å². The highest BCUT2D eigenvalue weighted by atomic mass is 32.2. The van der Waals surface area contributed by atoms with Crippen LogP contribution in [0.4, 0.5) is 0 Å². The van der Waals surface area contributed by atoms with Gasteiger partial charge in [-0.15, -0.1) is 21.5 Å². The lowest BCUT2D eigenvalue weighted by Crippen LogP contribution is -2.06. The van der Waals surface area contributed by atoms with Gasteiger partial charge in [0.2, 0.25) is 0 Å². The van der Waals surface area contributed by atoms with E-state index in [1.165, 1.54) is 16.6 Å². The highest BCUT2D eigenvalue weighted by molar-refractivity contribution is 7.99. The number of thiophene rings is 1. The molecule has 0 aliphatic rings. The van der Waals surface area contributed by atoms with Crippen LogP contribution >= 0.6 is 23.1 Å². The van der Waals surface area contributed by atoms with Crippen molar-refractivity contribution in [3.63, 3.8) is 0 Å². The molecular formula is C20H18N4O2S2. The van der Waals surface area contributed by atoms with E-state index in [1.54, 1.807) is 30.0 Å². The number of nitrogens with zero attached hydrogens (tertiary/aromatic N) is 4. The molecule has 0 fully saturated rings. The number of hydrogen-bond acceptors (Lipinski definition) is 7. The molecule has 0 radical (unpaired) electrons. The summed E-state index contributed by atoms with van der Waals surface area (Å²) in [5, 5.41) is 9.33. The Morgan fingerprint density at radius 1 is 1.21 bits per heavy atom. The molecule has 0 aromatic carbocycles. The van der Waals surface area contributed by atoms with Crippen molar-refractivity contribution in [3.8, 4) is 11.4 Å². The van der Waals surface area contributed by atoms with Crippen LogP contribution in [0.1, 0.15) is 27.2 Å². The third-order valence-electron chi connectivity index (χ3n) is 4.15. The molecule has 0 saturated carbocycles. The lowest BCUT2D eigenvalue weighted by molar-refractivity contribution is 0.102. The van der Waals surface area contributed by atoms with Crippen LogP contribution in [-0.2, 0) is 13.0 Å². The maximum absolute atomic E-state index is 12.6. The SMILES string of the molecule is CCc1ccc(C(=O)CSc2nnc(-c3cccnc3)n2Cc2ccco2)s1. The number of aryl methyl sites for hydroxylation is 1. The largest absolute Gasteiger partial charge is 0.467 e. The van der Waals surface area contributed by atoms with Crippen LogP contribution in [0.5, 0.6) is 0 Å². The topological polar surface area (TPSA) is 73.8 Å². The van der Waals surface area contributed by atoms with Crippen molar-refractivity contribution >= 4 is 28.9 Å². The average Bonchev–Trinajstić information content (AvgIpc) is 3.48. The third-order valence-corrected chi connectivity index (χ3v) is 6.39. The van der Waals surface area contributed by atoms with E-state index in [4.69, 9.17) is 4.42 Å². The number of Topliss-reactive ketones (excluding diaryl/α,β-unsaturated/α-hetero) is 1. The summed E-state index contributed by atoms with van der Waals surface area (Å²) >= 11 is 2.95. The number of furan rings is 1. The Morgan fingerprint density at radius 3 is 2.86 bits per heavy atom. The highest BCUT2D eigenvalue weighted by Gasteiger charge is 2.18. The van der Waals surface area contributed by atoms with Crippen LogP contribution in [0.15, 0.2) is 64.6 Å². The van der Waals surface area contributed by atoms with Crippen molar-refractivity contribution in [1.29, 1.82) is 0 Å². The van der Waals surface area contributed by atoms with Crippen LogP contribution in [0.25, 0.3) is 11.4 Å². The third kappa shape index (κ3) is 4.07. The summed E-state index contributed by atoms with van der Waals surface area (Å²) < 4.78 is 7.45. The maximum atomic E-state index is 12.6. The quantitative estimate of drug-likeness (QED) is 0.313. The zero-order chi connectivity index (χ0) is 19.3. The molecule has 0 aliphatic carbocycles. The molecule has 0 aliphatic heterocycles. The smallest absolute Gasteiger partial charge is 0.192 e. The average molecular weight is 411 g/mol. The minimum atomic E-state index is 0.102. The fourth-order valence-corrected chi connectivity index (χ4v) is 4.52. The van der Waals surface area contributed by atoms with Gasteiger partial charge in [-0.05, 0) is 42.8 Å². The second-order valence-corrected chi connectivity index (χ2v) is 8.16. The molecule has 0 atom stereocenters. The van der Waals surface area contributed by atoms with Gasteiger partial charge in [-0.1, -0.05) is 18.7 Å². The fraction of sp³-hybridized carbons (Fsp3) is 0.200. The summed E-state index contributed by atoms with van der Waals surface area (Å²) in [4.78, 5) is 18.7. The van der Waals surface area contributed by atoms with Crippen LogP contribution in [0, 0.1) is 0 Å². The minimum Gasteiger partial charge on any atom is -0.467 e. The number of aromatic nitrogens is 4. The standard InChI is InChI=1S/C20H18N4O2S2/c1-2-16-7-8-18(28-16)17(25)13-27-20-23-22-19(14-5-3-9-21-11-14)24(20)12-15-6-4-10-26-15/h3-11H,2,12-13H2,1H3. The Labute approximate surface area is 170 Å². The summed E-state index contributed by atoms with van der Waals surface area (Å²) in [6, 6.07) is 11.5. The van der Waals surface area contributed by atoms with E-state index in [2.05, 4.69) is 22.1 Å². The van der Waals surface area contributed by atoms with Crippen LogP contribution < -0.4 is 0 Å². The second kappa shape index (κ2) is 8.53. The van der Waals surface area contributed by atoms with E-state index in [9.17, 15) is 4.79 Å². The number of carbonyl (C=O) groups is 1. The lowest BCUT2D eigenvalue weighted by Gasteiger charge is -2.08. The summed E-state index contributed by atoms with van der Waals surface area (Å²) in [5.74, 6) is 1.91. The van der Waals surface area contributed by atoms with Crippen molar-refractivity contribution in [2.24, 2.45) is 0 Å². The van der Waals surface area contributed by atoms with Crippen LogP contribution in [0.2, 0.25) is 0 Å². The van der Waals surface area contributed by atoms with Gasteiger partial charge >= 0.3 is 0 Å². The van der Waals surface area contributed by atoms with Gasteiger partial charge in [0.25, 0.3) is 0 Å². The minimum absolute atomic E-state index is 0.102. The molecule has 0 amide bonds. The van der Waals surface area contributed by atoms with Crippen LogP contribution in [-0.4, -0.2) is 31.3 Å². The molecule has 4 aromatic heterocycles. The Morgan fingerprint density at radius 2 is 2.14 bits per heavy atom. The lowest BCUT2D eigenvalue weighted by atomic mass is 10.2. The Kier molecular flexibility index (Phi) is 5.68. The fourth-order valence-electron chi connectivity index (χ4n) is 2.72. The summed E-state index contributed by atoms with van der Waals surface area (Å²) in [7, 11) is 0. The Bertz CT molecular complexity index is 1060. The summed E-state index contributed by atoms with van der Waals surface area (Å²) in [6.45, 7) is 2.58. The Balaban J connectivity index is 1.57. The molecule has 4 rings (SSSR count). The van der Waals surface area contributed by atoms with Gasteiger partial charge in [0.1, 0.15) is 5.76 Å². The first-order valence-electron chi connectivity index (χ1n) is 8.85. The van der Waals surface area contributed by atoms with E-state index in [1.807, 2.05) is 41.0 Å². The van der Waals surface area contributed by atoms with E-state index in [0.717, 1.165) is 22.6 Å². The van der Waals surface area contributed by atoms with E-state index >= 15 is 0 Å². The molecule has 8 heteroatoms. The molecule has 28 heavy (non-hydrogen) atoms. The normalized spacial score (nSPS) is 11.0. The van der Waals surface area contributed by atoms with Crippen LogP contribution in [0.3, 0.4) is 0 Å². The molecule has 142 valence electrons. The molecule has 4 heterocycles. The molecule has 0 spiro atoms. The van der Waals surface area contributed by atoms with Gasteiger partial charge in [-0.2, -0.15) is 0 Å². The first kappa shape index (κ1) is 18.6. The van der Waals surface area contributed by atoms with Gasteiger partial charge in [-0.25, -0.2) is 0 Å². The van der Waals surface area contributed by atoms with Crippen molar-refractivity contribution in [2.45, 2.75) is 25.0 Å². The van der Waals surface area contributed by atoms with Gasteiger partial charge < -0.3 is 4.42 Å². The number of hydrogen-bond donors (Lipinski definition) is 0. The monoisotopic (exact) mass is 410 g/mol. The molecule has 0 bridgehead atoms. The second-order valence-electron chi connectivity index (χ2n) is 6.04. The van der Waals surface area contributed by atoms with E-state index < -0.39 is 0 Å². The predicted molar refractivity (Wildman–Crippen MR) is 110 cm³/mol. The number of carbonyl (C=O) groups excluding carboxylic acids is 1. The van der Waals surface area contributed by atoms with Gasteiger partial charge in [0.15, 0.2) is 16.8 Å². The molecular weight excluding hydrogens is 392 g/mol. The number of thioether (sulfide) groups is 1. The summed E-state index contributed by atoms with van der Waals surface area (Å²) in [6.07, 6.45) is 6.05. The number of ketones is 1. The first-order valence-corrected chi connectivity index (χ1v) is 10.7. The van der Waals surface area contributed by atoms with Gasteiger partial charge in [-0.3, -0.25) is 14.3 Å². The first-order chi connectivity index (χ1) is 13.7. The van der Waals surface area contributed by atoms with Gasteiger partial charge in [0, 0.05) is 22.8 Å². The van der Waals surface area contributed by atoms with E-state index in [-0.39, 0.29) is 5.78 Å². The number of pyridine rings is 1. The highest BCUT2D eigenvalue weighted by Crippen LogP contribution is 2.26. The van der Waals surface area contributed by atoms with Gasteiger partial charge in [0.05, 0.1) is 23.4 Å². The molecule has 0 N–H and O–H groups in total. The van der Waals surface area contributed by atoms with Crippen molar-refractivity contribution in [1.82, 2.24) is 19.7 Å². The molecule has 0 saturated heterocycles. The zero-order valence-electron chi connectivity index (χ0n) is 15.2. The van der Waals surface area contributed by atoms with Crippen molar-refractivity contribution in [2.75, 3.05) is 5.75 Å². The maximum Gasteiger partial charge on any atom is 0.192 e. The number of rotatable bonds is 8. The predicted octanol–water partition coefficient (Wildman–Crippen LogP) is 4.58.